The molecule has 0 saturated carbocycles. The average molecular weight is 364 g/mol. The van der Waals surface area contributed by atoms with Crippen LogP contribution in [0.25, 0.3) is 0 Å². The summed E-state index contributed by atoms with van der Waals surface area (Å²) >= 11 is 1.25. The molecule has 1 aromatic carbocycles. The van der Waals surface area contributed by atoms with Crippen LogP contribution in [-0.2, 0) is 14.3 Å². The van der Waals surface area contributed by atoms with E-state index in [9.17, 15) is 18.8 Å². The molecule has 0 spiro atoms. The van der Waals surface area contributed by atoms with E-state index in [2.05, 4.69) is 10.6 Å². The number of hydrogen-bond donors (Lipinski definition) is 2. The predicted molar refractivity (Wildman–Crippen MR) is 91.8 cm³/mol. The van der Waals surface area contributed by atoms with E-state index < -0.39 is 35.7 Å². The molecule has 8 heteroatoms. The van der Waals surface area contributed by atoms with E-state index in [0.717, 1.165) is 6.07 Å². The molecule has 0 fully saturated rings. The van der Waals surface area contributed by atoms with Crippen molar-refractivity contribution in [2.75, 3.05) is 5.32 Å². The molecule has 1 aromatic heterocycles. The highest BCUT2D eigenvalue weighted by Crippen LogP contribution is 2.11. The van der Waals surface area contributed by atoms with Crippen molar-refractivity contribution in [1.29, 1.82) is 0 Å². The van der Waals surface area contributed by atoms with Gasteiger partial charge in [0.05, 0.1) is 4.88 Å². The van der Waals surface area contributed by atoms with Crippen LogP contribution in [-0.4, -0.2) is 29.9 Å². The molecule has 1 heterocycles. The molecule has 0 aliphatic heterocycles. The normalized spacial score (nSPS) is 12.8. The Balaban J connectivity index is 1.86. The van der Waals surface area contributed by atoms with Gasteiger partial charge in [0.1, 0.15) is 11.9 Å². The first-order chi connectivity index (χ1) is 11.9. The number of thiophene rings is 1. The molecule has 0 aliphatic carbocycles. The van der Waals surface area contributed by atoms with E-state index in [1.165, 1.54) is 43.4 Å². The van der Waals surface area contributed by atoms with Crippen LogP contribution in [0.1, 0.15) is 23.5 Å². The zero-order valence-electron chi connectivity index (χ0n) is 13.6. The Bertz CT molecular complexity index is 764. The monoisotopic (exact) mass is 364 g/mol. The minimum absolute atomic E-state index is 0.256. The zero-order chi connectivity index (χ0) is 18.4. The lowest BCUT2D eigenvalue weighted by atomic mass is 10.3. The van der Waals surface area contributed by atoms with Crippen LogP contribution >= 0.6 is 11.3 Å². The SMILES string of the molecule is C[C@H](NC(=O)c1cccs1)C(=O)O[C@@H](C)C(=O)Nc1cccc(F)c1. The molecule has 0 saturated heterocycles. The molecule has 2 aromatic rings. The third kappa shape index (κ3) is 5.39. The van der Waals surface area contributed by atoms with Gasteiger partial charge in [0, 0.05) is 5.69 Å². The van der Waals surface area contributed by atoms with Gasteiger partial charge in [-0.2, -0.15) is 0 Å². The smallest absolute Gasteiger partial charge is 0.329 e. The first kappa shape index (κ1) is 18.6. The molecule has 2 rings (SSSR count). The van der Waals surface area contributed by atoms with Gasteiger partial charge in [-0.05, 0) is 43.5 Å². The highest BCUT2D eigenvalue weighted by molar-refractivity contribution is 7.12. The van der Waals surface area contributed by atoms with Crippen LogP contribution in [0.5, 0.6) is 0 Å². The van der Waals surface area contributed by atoms with Crippen LogP contribution in [0, 0.1) is 5.82 Å². The lowest BCUT2D eigenvalue weighted by Crippen LogP contribution is -2.42. The number of esters is 1. The van der Waals surface area contributed by atoms with E-state index >= 15 is 0 Å². The summed E-state index contributed by atoms with van der Waals surface area (Å²) < 4.78 is 18.1. The summed E-state index contributed by atoms with van der Waals surface area (Å²) in [5, 5.41) is 6.69. The van der Waals surface area contributed by atoms with Gasteiger partial charge < -0.3 is 15.4 Å². The lowest BCUT2D eigenvalue weighted by molar-refractivity contribution is -0.154. The van der Waals surface area contributed by atoms with E-state index in [-0.39, 0.29) is 5.69 Å². The minimum Gasteiger partial charge on any atom is -0.451 e. The average Bonchev–Trinajstić information content (AvgIpc) is 3.09. The number of nitrogens with one attached hydrogen (secondary N) is 2. The number of hydrogen-bond acceptors (Lipinski definition) is 5. The first-order valence-corrected chi connectivity index (χ1v) is 8.36. The molecule has 6 nitrogen and oxygen atoms in total. The minimum atomic E-state index is -1.10. The van der Waals surface area contributed by atoms with Gasteiger partial charge in [-0.1, -0.05) is 12.1 Å². The number of carbonyl (C=O) groups excluding carboxylic acids is 3. The molecule has 2 amide bonds. The van der Waals surface area contributed by atoms with Crippen molar-refractivity contribution in [3.63, 3.8) is 0 Å². The fourth-order valence-electron chi connectivity index (χ4n) is 1.87. The topological polar surface area (TPSA) is 84.5 Å². The summed E-state index contributed by atoms with van der Waals surface area (Å²) in [4.78, 5) is 36.3. The van der Waals surface area contributed by atoms with Gasteiger partial charge in [0.25, 0.3) is 11.8 Å². The standard InChI is InChI=1S/C17H17FN2O4S/c1-10(19-16(22)14-7-4-8-25-14)17(23)24-11(2)15(21)20-13-6-3-5-12(18)9-13/h3-11H,1-2H3,(H,19,22)(H,20,21)/t10-,11-/m0/s1. The summed E-state index contributed by atoms with van der Waals surface area (Å²) in [5.41, 5.74) is 0.256. The summed E-state index contributed by atoms with van der Waals surface area (Å²) in [5.74, 6) is -2.23. The number of benzene rings is 1. The van der Waals surface area contributed by atoms with Crippen molar-refractivity contribution in [3.8, 4) is 0 Å². The van der Waals surface area contributed by atoms with Gasteiger partial charge in [-0.3, -0.25) is 9.59 Å². The van der Waals surface area contributed by atoms with Gasteiger partial charge >= 0.3 is 5.97 Å². The van der Waals surface area contributed by atoms with E-state index in [1.807, 2.05) is 0 Å². The third-order valence-corrected chi connectivity index (χ3v) is 4.07. The largest absolute Gasteiger partial charge is 0.451 e. The van der Waals surface area contributed by atoms with Crippen molar-refractivity contribution in [3.05, 3.63) is 52.5 Å². The Morgan fingerprint density at radius 1 is 1.16 bits per heavy atom. The number of carbonyl (C=O) groups is 3. The summed E-state index contributed by atoms with van der Waals surface area (Å²) in [7, 11) is 0. The molecule has 0 bridgehead atoms. The maximum atomic E-state index is 13.1. The van der Waals surface area contributed by atoms with Crippen molar-refractivity contribution in [2.45, 2.75) is 26.0 Å². The Hall–Kier alpha value is -2.74. The molecule has 2 N–H and O–H groups in total. The highest BCUT2D eigenvalue weighted by atomic mass is 32.1. The number of amides is 2. The van der Waals surface area contributed by atoms with Crippen LogP contribution < -0.4 is 10.6 Å². The van der Waals surface area contributed by atoms with Crippen LogP contribution in [0.2, 0.25) is 0 Å². The maximum Gasteiger partial charge on any atom is 0.329 e. The third-order valence-electron chi connectivity index (χ3n) is 3.20. The Kier molecular flexibility index (Phi) is 6.24. The second-order valence-electron chi connectivity index (χ2n) is 5.25. The van der Waals surface area contributed by atoms with Gasteiger partial charge in [-0.25, -0.2) is 9.18 Å². The molecular weight excluding hydrogens is 347 g/mol. The van der Waals surface area contributed by atoms with Gasteiger partial charge in [0.2, 0.25) is 0 Å². The molecule has 0 radical (unpaired) electrons. The van der Waals surface area contributed by atoms with E-state index in [0.29, 0.717) is 4.88 Å². The van der Waals surface area contributed by atoms with Crippen LogP contribution in [0.4, 0.5) is 10.1 Å². The number of rotatable bonds is 6. The Morgan fingerprint density at radius 2 is 1.92 bits per heavy atom. The fourth-order valence-corrected chi connectivity index (χ4v) is 2.50. The van der Waals surface area contributed by atoms with E-state index in [4.69, 9.17) is 4.74 Å². The van der Waals surface area contributed by atoms with Gasteiger partial charge in [-0.15, -0.1) is 11.3 Å². The molecule has 132 valence electrons. The Morgan fingerprint density at radius 3 is 2.56 bits per heavy atom. The molecule has 0 unspecified atom stereocenters. The predicted octanol–water partition coefficient (Wildman–Crippen LogP) is 2.58. The van der Waals surface area contributed by atoms with Crippen molar-refractivity contribution in [2.24, 2.45) is 0 Å². The number of halogens is 1. The lowest BCUT2D eigenvalue weighted by Gasteiger charge is -2.17. The van der Waals surface area contributed by atoms with Crippen LogP contribution in [0.3, 0.4) is 0 Å². The van der Waals surface area contributed by atoms with Crippen molar-refractivity contribution in [1.82, 2.24) is 5.32 Å². The summed E-state index contributed by atoms with van der Waals surface area (Å²) in [6.45, 7) is 2.85. The zero-order valence-corrected chi connectivity index (χ0v) is 14.4. The van der Waals surface area contributed by atoms with Crippen molar-refractivity contribution < 1.29 is 23.5 Å². The Labute approximate surface area is 148 Å². The summed E-state index contributed by atoms with van der Waals surface area (Å²) in [6, 6.07) is 7.80. The highest BCUT2D eigenvalue weighted by Gasteiger charge is 2.23. The number of ether oxygens (including phenoxy) is 1. The second kappa shape index (κ2) is 8.39. The molecule has 2 atom stereocenters. The quantitative estimate of drug-likeness (QED) is 0.772. The molecule has 25 heavy (non-hydrogen) atoms. The fraction of sp³-hybridized carbons (Fsp3) is 0.235. The first-order valence-electron chi connectivity index (χ1n) is 7.48. The maximum absolute atomic E-state index is 13.1. The van der Waals surface area contributed by atoms with E-state index in [1.54, 1.807) is 17.5 Å². The van der Waals surface area contributed by atoms with Gasteiger partial charge in [0.15, 0.2) is 6.10 Å². The van der Waals surface area contributed by atoms with Crippen molar-refractivity contribution >= 4 is 34.8 Å². The molecular formula is C17H17FN2O4S. The van der Waals surface area contributed by atoms with Crippen LogP contribution in [0.15, 0.2) is 41.8 Å². The second-order valence-corrected chi connectivity index (χ2v) is 6.20. The number of anilines is 1. The molecule has 0 aliphatic rings. The summed E-state index contributed by atoms with van der Waals surface area (Å²) in [6.07, 6.45) is -1.10.